The maximum Gasteiger partial charge on any atom is 0.350 e. The van der Waals surface area contributed by atoms with E-state index in [1.165, 1.54) is 47.0 Å². The fraction of sp³-hybridized carbons (Fsp3) is 0.348. The van der Waals surface area contributed by atoms with Crippen molar-refractivity contribution in [3.05, 3.63) is 109 Å². The van der Waals surface area contributed by atoms with Crippen LogP contribution in [-0.4, -0.2) is 120 Å². The average Bonchev–Trinajstić information content (AvgIpc) is 3.25. The van der Waals surface area contributed by atoms with E-state index >= 15 is 4.39 Å². The third kappa shape index (κ3) is 6.61. The second-order valence-corrected chi connectivity index (χ2v) is 18.5. The standard InChI is InChI=1S/C46H45FN6O11S/c1-20-53-28-19-29(52-14-12-49-13-15-52)26(47)18-24(28)37(54)35(43(53)65-20)45(61)63-30-9-7-6-8-22(30)44(60)64-31-11-10-27(50(2)3)23-16-21-17-25-36(51(4)5)39(56)34(42(48)59)41(58)46(25,62)40(57)32(21)38(55)33(23)31/h6-11,18-21,25,36,49,56-57,62H,12-17H2,1-5H3,(H2,48,59)/t20?,21-,25-,36-,46-/m1/s1. The number of nitrogens with one attached hydrogen (secondary N) is 1. The Bertz CT molecular complexity index is 2940. The van der Waals surface area contributed by atoms with E-state index in [0.29, 0.717) is 53.7 Å². The number of primary amides is 1. The number of allylic oxidation sites excluding steroid dienone is 1. The predicted molar refractivity (Wildman–Crippen MR) is 237 cm³/mol. The summed E-state index contributed by atoms with van der Waals surface area (Å²) in [5.74, 6) is -10.5. The Morgan fingerprint density at radius 2 is 1.66 bits per heavy atom. The second-order valence-electron chi connectivity index (χ2n) is 17.2. The van der Waals surface area contributed by atoms with Gasteiger partial charge in [0.15, 0.2) is 11.4 Å². The summed E-state index contributed by atoms with van der Waals surface area (Å²) in [6.07, 6.45) is -0.0276. The normalized spacial score (nSPS) is 23.7. The van der Waals surface area contributed by atoms with Crippen molar-refractivity contribution in [1.82, 2.24) is 14.8 Å². The van der Waals surface area contributed by atoms with Crippen LogP contribution < -0.4 is 35.8 Å². The zero-order valence-corrected chi connectivity index (χ0v) is 36.7. The highest BCUT2D eigenvalue weighted by Crippen LogP contribution is 2.53. The molecule has 338 valence electrons. The van der Waals surface area contributed by atoms with E-state index in [1.807, 2.05) is 11.8 Å². The number of aliphatic hydroxyl groups excluding tert-OH is 2. The maximum atomic E-state index is 15.6. The number of piperazine rings is 1. The minimum Gasteiger partial charge on any atom is -0.510 e. The van der Waals surface area contributed by atoms with Gasteiger partial charge in [-0.05, 0) is 81.7 Å². The Hall–Kier alpha value is -6.54. The molecule has 3 aromatic carbocycles. The monoisotopic (exact) mass is 908 g/mol. The molecule has 17 nitrogen and oxygen atoms in total. The van der Waals surface area contributed by atoms with Gasteiger partial charge in [-0.25, -0.2) is 14.0 Å². The first-order chi connectivity index (χ1) is 30.9. The summed E-state index contributed by atoms with van der Waals surface area (Å²) >= 11 is 1.27. The molecule has 4 aromatic rings. The number of aromatic nitrogens is 1. The minimum absolute atomic E-state index is 0.00942. The van der Waals surface area contributed by atoms with Crippen molar-refractivity contribution in [3.63, 3.8) is 0 Å². The van der Waals surface area contributed by atoms with Gasteiger partial charge in [0.25, 0.3) is 5.91 Å². The van der Waals surface area contributed by atoms with Gasteiger partial charge >= 0.3 is 11.9 Å². The van der Waals surface area contributed by atoms with Gasteiger partial charge in [-0.15, -0.1) is 0 Å². The van der Waals surface area contributed by atoms with Gasteiger partial charge in [-0.3, -0.25) is 24.1 Å². The number of nitrogens with two attached hydrogens (primary N) is 1. The summed E-state index contributed by atoms with van der Waals surface area (Å²) in [7, 11) is 6.58. The lowest BCUT2D eigenvalue weighted by molar-refractivity contribution is -0.148. The number of benzene rings is 3. The number of Topliss-reactive ketones (excluding diaryl/α,β-unsaturated/α-hetero) is 2. The quantitative estimate of drug-likeness (QED) is 0.0969. The van der Waals surface area contributed by atoms with Gasteiger partial charge in [0.2, 0.25) is 11.2 Å². The van der Waals surface area contributed by atoms with Gasteiger partial charge in [0.1, 0.15) is 45.5 Å². The van der Waals surface area contributed by atoms with E-state index < -0.39 is 81.2 Å². The first-order valence-corrected chi connectivity index (χ1v) is 21.8. The molecule has 1 fully saturated rings. The number of nitrogens with zero attached hydrogens (tertiary/aromatic N) is 4. The van der Waals surface area contributed by atoms with Crippen LogP contribution in [0.15, 0.2) is 81.0 Å². The fourth-order valence-corrected chi connectivity index (χ4v) is 11.3. The van der Waals surface area contributed by atoms with Gasteiger partial charge in [0.05, 0.1) is 33.2 Å². The van der Waals surface area contributed by atoms with Crippen LogP contribution in [0, 0.1) is 17.7 Å². The molecule has 3 aliphatic carbocycles. The molecular weight excluding hydrogens is 864 g/mol. The van der Waals surface area contributed by atoms with E-state index in [2.05, 4.69) is 5.32 Å². The molecular formula is C46H45FN6O11S. The molecule has 6 N–H and O–H groups in total. The van der Waals surface area contributed by atoms with E-state index in [1.54, 1.807) is 49.8 Å². The van der Waals surface area contributed by atoms with Gasteiger partial charge in [-0.1, -0.05) is 23.9 Å². The average molecular weight is 909 g/mol. The Morgan fingerprint density at radius 1 is 0.969 bits per heavy atom. The number of anilines is 2. The number of carbonyl (C=O) groups excluding carboxylic acids is 5. The Morgan fingerprint density at radius 3 is 2.32 bits per heavy atom. The zero-order chi connectivity index (χ0) is 46.5. The maximum absolute atomic E-state index is 15.6. The molecule has 2 aliphatic heterocycles. The molecule has 19 heteroatoms. The molecule has 0 spiro atoms. The number of esters is 2. The molecule has 5 aliphatic rings. The molecule has 1 amide bonds. The molecule has 0 bridgehead atoms. The lowest BCUT2D eigenvalue weighted by Crippen LogP contribution is -2.63. The summed E-state index contributed by atoms with van der Waals surface area (Å²) in [6, 6.07) is 10.3. The second kappa shape index (κ2) is 15.9. The lowest BCUT2D eigenvalue weighted by atomic mass is 9.58. The number of fused-ring (bicyclic) bond motifs is 6. The fourth-order valence-electron chi connectivity index (χ4n) is 10.1. The number of carbonyl (C=O) groups is 5. The number of thioether (sulfide) groups is 1. The summed E-state index contributed by atoms with van der Waals surface area (Å²) in [6.45, 7) is 4.39. The van der Waals surface area contributed by atoms with Crippen molar-refractivity contribution in [1.29, 1.82) is 0 Å². The highest BCUT2D eigenvalue weighted by molar-refractivity contribution is 8.00. The summed E-state index contributed by atoms with van der Waals surface area (Å²) < 4.78 is 29.1. The number of amides is 1. The molecule has 3 heterocycles. The number of hydrogen-bond acceptors (Lipinski definition) is 16. The number of ketones is 2. The molecule has 1 aromatic heterocycles. The number of likely N-dealkylation sites (N-methyl/N-ethyl adjacent to an activating group) is 1. The molecule has 65 heavy (non-hydrogen) atoms. The van der Waals surface area contributed by atoms with Crippen molar-refractivity contribution >= 4 is 63.5 Å². The number of para-hydroxylation sites is 1. The van der Waals surface area contributed by atoms with Crippen LogP contribution in [0.3, 0.4) is 0 Å². The van der Waals surface area contributed by atoms with Crippen molar-refractivity contribution in [2.75, 3.05) is 64.2 Å². The van der Waals surface area contributed by atoms with E-state index in [-0.39, 0.29) is 57.4 Å². The summed E-state index contributed by atoms with van der Waals surface area (Å²) in [4.78, 5) is 88.4. The smallest absolute Gasteiger partial charge is 0.350 e. The van der Waals surface area contributed by atoms with Gasteiger partial charge in [-0.2, -0.15) is 0 Å². The largest absolute Gasteiger partial charge is 0.510 e. The Balaban J connectivity index is 1.06. The topological polar surface area (TPSA) is 234 Å². The number of hydrogen-bond donors (Lipinski definition) is 5. The highest BCUT2D eigenvalue weighted by Gasteiger charge is 2.63. The molecule has 9 rings (SSSR count). The first kappa shape index (κ1) is 43.7. The van der Waals surface area contributed by atoms with Crippen LogP contribution in [0.1, 0.15) is 55.4 Å². The number of halogens is 1. The third-order valence-corrected chi connectivity index (χ3v) is 14.3. The SMILES string of the molecule is CC1Sc2c(C(=O)Oc3ccccc3C(=O)Oc3ccc(N(C)C)c4c3C(=O)C3=C(O)[C@@]5(O)C(=O)C(C(N)=O)=C(O)[C@H](N(C)C)[C@H]5C[C@H]3C4)c(=O)c3cc(F)c(N4CCNCC4)cc3n21. The molecule has 5 atom stereocenters. The third-order valence-electron chi connectivity index (χ3n) is 13.1. The molecule has 1 unspecified atom stereocenters. The minimum atomic E-state index is -2.82. The highest BCUT2D eigenvalue weighted by atomic mass is 32.2. The van der Waals surface area contributed by atoms with Crippen LogP contribution in [-0.2, 0) is 16.0 Å². The zero-order valence-electron chi connectivity index (χ0n) is 35.9. The predicted octanol–water partition coefficient (Wildman–Crippen LogP) is 3.41. The molecule has 0 radical (unpaired) electrons. The number of ether oxygens (including phenoxy) is 2. The Kier molecular flexibility index (Phi) is 10.7. The van der Waals surface area contributed by atoms with E-state index in [4.69, 9.17) is 15.2 Å². The number of rotatable bonds is 8. The van der Waals surface area contributed by atoms with Gasteiger partial charge in [0, 0.05) is 62.8 Å². The molecule has 1 saturated heterocycles. The number of pyridine rings is 1. The summed E-state index contributed by atoms with van der Waals surface area (Å²) in [5.41, 5.74) is 1.75. The first-order valence-electron chi connectivity index (χ1n) is 20.9. The van der Waals surface area contributed by atoms with Crippen molar-refractivity contribution in [2.24, 2.45) is 17.6 Å². The van der Waals surface area contributed by atoms with Gasteiger partial charge < -0.3 is 50.2 Å². The van der Waals surface area contributed by atoms with Crippen molar-refractivity contribution < 1.29 is 53.2 Å². The van der Waals surface area contributed by atoms with Crippen molar-refractivity contribution in [2.45, 2.75) is 41.8 Å². The van der Waals surface area contributed by atoms with Crippen LogP contribution >= 0.6 is 11.8 Å². The molecule has 0 saturated carbocycles. The lowest BCUT2D eigenvalue weighted by Gasteiger charge is -2.50. The Labute approximate surface area is 374 Å². The van der Waals surface area contributed by atoms with Crippen LogP contribution in [0.5, 0.6) is 11.5 Å². The van der Waals surface area contributed by atoms with Crippen molar-refractivity contribution in [3.8, 4) is 11.5 Å². The van der Waals surface area contributed by atoms with E-state index in [0.717, 1.165) is 6.07 Å². The van der Waals surface area contributed by atoms with Crippen LogP contribution in [0.2, 0.25) is 0 Å². The summed E-state index contributed by atoms with van der Waals surface area (Å²) in [5, 5.41) is 38.4. The number of aliphatic hydroxyl groups is 3. The van der Waals surface area contributed by atoms with Crippen LogP contribution in [0.4, 0.5) is 15.8 Å². The van der Waals surface area contributed by atoms with E-state index in [9.17, 15) is 44.1 Å². The van der Waals surface area contributed by atoms with Crippen LogP contribution in [0.25, 0.3) is 10.9 Å².